The second-order valence-electron chi connectivity index (χ2n) is 8.03. The summed E-state index contributed by atoms with van der Waals surface area (Å²) in [5.41, 5.74) is 0.0687. The van der Waals surface area contributed by atoms with Gasteiger partial charge in [-0.2, -0.15) is 4.99 Å². The maximum absolute atomic E-state index is 14.4. The Bertz CT molecular complexity index is 1050. The molecule has 0 bridgehead atoms. The summed E-state index contributed by atoms with van der Waals surface area (Å²) in [5.74, 6) is -1.88. The summed E-state index contributed by atoms with van der Waals surface area (Å²) in [5, 5.41) is 7.43. The van der Waals surface area contributed by atoms with Crippen molar-refractivity contribution in [2.45, 2.75) is 39.8 Å². The maximum Gasteiger partial charge on any atom is 0.310 e. The highest BCUT2D eigenvalue weighted by Crippen LogP contribution is 2.18. The van der Waals surface area contributed by atoms with Crippen LogP contribution >= 0.6 is 23.7 Å². The molecule has 0 radical (unpaired) electrons. The van der Waals surface area contributed by atoms with E-state index in [2.05, 4.69) is 15.6 Å². The number of ether oxygens (including phenoxy) is 1. The largest absolute Gasteiger partial charge is 0.444 e. The number of anilines is 1. The molecule has 11 heteroatoms. The number of carbonyl (C=O) groups excluding carboxylic acids is 3. The second kappa shape index (κ2) is 12.6. The normalized spacial score (nSPS) is 14.6. The Hall–Kier alpha value is -2.56. The van der Waals surface area contributed by atoms with Crippen molar-refractivity contribution in [3.63, 3.8) is 0 Å². The van der Waals surface area contributed by atoms with Gasteiger partial charge in [0.25, 0.3) is 5.91 Å². The van der Waals surface area contributed by atoms with Crippen LogP contribution in [0.15, 0.2) is 34.8 Å². The van der Waals surface area contributed by atoms with Crippen molar-refractivity contribution in [2.24, 2.45) is 16.8 Å². The molecule has 1 saturated heterocycles. The van der Waals surface area contributed by atoms with Crippen LogP contribution in [0.3, 0.4) is 0 Å². The van der Waals surface area contributed by atoms with Gasteiger partial charge in [-0.3, -0.25) is 19.0 Å². The van der Waals surface area contributed by atoms with E-state index in [1.165, 1.54) is 23.5 Å². The molecule has 1 fully saturated rings. The first kappa shape index (κ1) is 26.7. The number of thiazole rings is 1. The molecule has 8 nitrogen and oxygen atoms in total. The number of aromatic nitrogens is 1. The van der Waals surface area contributed by atoms with Gasteiger partial charge in [0.1, 0.15) is 5.82 Å². The fourth-order valence-corrected chi connectivity index (χ4v) is 3.98. The molecular formula is C22H28ClFN4O4S. The standard InChI is InChI=1S/C22H27FN4O4S.ClH/c1-14(2)11-19(28)25-18-4-3-16(12-17(18)23)20(29)26-22-27(9-10-32-22)13-31-21(30)15-5-7-24-8-6-15;/h3-4,9-10,12,14-15,24H,5-8,11,13H2,1-2H3,(H,25,28);1H. The number of amides is 2. The highest BCUT2D eigenvalue weighted by atomic mass is 35.5. The van der Waals surface area contributed by atoms with Crippen LogP contribution in [0, 0.1) is 17.7 Å². The number of hydrogen-bond acceptors (Lipinski definition) is 6. The minimum Gasteiger partial charge on any atom is -0.444 e. The molecular weight excluding hydrogens is 471 g/mol. The van der Waals surface area contributed by atoms with Gasteiger partial charge in [0, 0.05) is 23.6 Å². The van der Waals surface area contributed by atoms with E-state index < -0.39 is 11.7 Å². The number of piperidine rings is 1. The van der Waals surface area contributed by atoms with Gasteiger partial charge in [0.05, 0.1) is 11.6 Å². The first-order chi connectivity index (χ1) is 15.3. The molecule has 0 aliphatic carbocycles. The van der Waals surface area contributed by atoms with Crippen molar-refractivity contribution >= 4 is 47.2 Å². The fourth-order valence-electron chi connectivity index (χ4n) is 3.27. The summed E-state index contributed by atoms with van der Waals surface area (Å²) in [6.45, 7) is 5.32. The highest BCUT2D eigenvalue weighted by Gasteiger charge is 2.22. The number of hydrogen-bond donors (Lipinski definition) is 2. The zero-order valence-corrected chi connectivity index (χ0v) is 20.1. The summed E-state index contributed by atoms with van der Waals surface area (Å²) in [6, 6.07) is 3.81. The molecule has 33 heavy (non-hydrogen) atoms. The smallest absolute Gasteiger partial charge is 0.310 e. The van der Waals surface area contributed by atoms with Crippen LogP contribution in [-0.2, 0) is 21.1 Å². The number of carbonyl (C=O) groups is 3. The van der Waals surface area contributed by atoms with Crippen molar-refractivity contribution in [3.05, 3.63) is 46.0 Å². The third-order valence-corrected chi connectivity index (χ3v) is 5.75. The third kappa shape index (κ3) is 7.76. The molecule has 0 atom stereocenters. The lowest BCUT2D eigenvalue weighted by Crippen LogP contribution is -2.33. The molecule has 2 N–H and O–H groups in total. The first-order valence-electron chi connectivity index (χ1n) is 10.5. The molecule has 1 aromatic carbocycles. The number of esters is 1. The topological polar surface area (TPSA) is 102 Å². The number of nitrogens with one attached hydrogen (secondary N) is 2. The van der Waals surface area contributed by atoms with Gasteiger partial charge in [-0.25, -0.2) is 4.39 Å². The zero-order chi connectivity index (χ0) is 23.1. The molecule has 0 saturated carbocycles. The molecule has 2 amide bonds. The minimum absolute atomic E-state index is 0. The van der Waals surface area contributed by atoms with E-state index in [-0.39, 0.29) is 60.5 Å². The Labute approximate surface area is 201 Å². The molecule has 2 heterocycles. The van der Waals surface area contributed by atoms with Crippen LogP contribution in [-0.4, -0.2) is 35.4 Å². The maximum atomic E-state index is 14.4. The van der Waals surface area contributed by atoms with E-state index in [9.17, 15) is 18.8 Å². The lowest BCUT2D eigenvalue weighted by molar-refractivity contribution is -0.153. The molecule has 1 aromatic heterocycles. The van der Waals surface area contributed by atoms with E-state index in [0.717, 1.165) is 32.0 Å². The second-order valence-corrected chi connectivity index (χ2v) is 8.90. The van der Waals surface area contributed by atoms with Crippen molar-refractivity contribution in [3.8, 4) is 0 Å². The van der Waals surface area contributed by atoms with Crippen LogP contribution in [0.25, 0.3) is 0 Å². The van der Waals surface area contributed by atoms with Crippen molar-refractivity contribution in [2.75, 3.05) is 18.4 Å². The number of halogens is 2. The van der Waals surface area contributed by atoms with Gasteiger partial charge in [0.15, 0.2) is 11.5 Å². The first-order valence-corrected chi connectivity index (χ1v) is 11.4. The average Bonchev–Trinajstić information content (AvgIpc) is 3.20. The van der Waals surface area contributed by atoms with Gasteiger partial charge < -0.3 is 15.4 Å². The van der Waals surface area contributed by atoms with Crippen molar-refractivity contribution in [1.29, 1.82) is 0 Å². The van der Waals surface area contributed by atoms with Crippen LogP contribution in [0.1, 0.15) is 43.5 Å². The minimum atomic E-state index is -0.710. The fraction of sp³-hybridized carbons (Fsp3) is 0.455. The average molecular weight is 499 g/mol. The molecule has 0 spiro atoms. The molecule has 2 aromatic rings. The van der Waals surface area contributed by atoms with Gasteiger partial charge in [-0.05, 0) is 50.0 Å². The Morgan fingerprint density at radius 2 is 2.03 bits per heavy atom. The quantitative estimate of drug-likeness (QED) is 0.570. The van der Waals surface area contributed by atoms with Gasteiger partial charge in [-0.1, -0.05) is 13.8 Å². The predicted molar refractivity (Wildman–Crippen MR) is 126 cm³/mol. The van der Waals surface area contributed by atoms with Crippen molar-refractivity contribution < 1.29 is 23.5 Å². The lowest BCUT2D eigenvalue weighted by atomic mass is 9.99. The van der Waals surface area contributed by atoms with Crippen LogP contribution in [0.2, 0.25) is 0 Å². The zero-order valence-electron chi connectivity index (χ0n) is 18.5. The predicted octanol–water partition coefficient (Wildman–Crippen LogP) is 3.34. The summed E-state index contributed by atoms with van der Waals surface area (Å²) in [4.78, 5) is 41.0. The Kier molecular flexibility index (Phi) is 10.2. The molecule has 180 valence electrons. The lowest BCUT2D eigenvalue weighted by Gasteiger charge is -2.20. The third-order valence-electron chi connectivity index (χ3n) is 4.96. The molecule has 0 unspecified atom stereocenters. The molecule has 3 rings (SSSR count). The van der Waals surface area contributed by atoms with Gasteiger partial charge >= 0.3 is 5.97 Å². The SMILES string of the molecule is CC(C)CC(=O)Nc1ccc(C(=O)N=c2sccn2COC(=O)C2CCNCC2)cc1F.Cl. The van der Waals surface area contributed by atoms with Crippen LogP contribution < -0.4 is 15.4 Å². The summed E-state index contributed by atoms with van der Waals surface area (Å²) in [6.07, 6.45) is 3.42. The van der Waals surface area contributed by atoms with E-state index in [1.807, 2.05) is 13.8 Å². The number of rotatable bonds is 7. The van der Waals surface area contributed by atoms with Gasteiger partial charge in [-0.15, -0.1) is 23.7 Å². The summed E-state index contributed by atoms with van der Waals surface area (Å²) in [7, 11) is 0. The highest BCUT2D eigenvalue weighted by molar-refractivity contribution is 7.07. The van der Waals surface area contributed by atoms with Crippen LogP contribution in [0.4, 0.5) is 10.1 Å². The monoisotopic (exact) mass is 498 g/mol. The van der Waals surface area contributed by atoms with Gasteiger partial charge in [0.2, 0.25) is 5.91 Å². The number of nitrogens with zero attached hydrogens (tertiary/aromatic N) is 2. The number of benzene rings is 1. The van der Waals surface area contributed by atoms with Crippen molar-refractivity contribution in [1.82, 2.24) is 9.88 Å². The summed E-state index contributed by atoms with van der Waals surface area (Å²) < 4.78 is 21.3. The van der Waals surface area contributed by atoms with E-state index in [4.69, 9.17) is 4.74 Å². The summed E-state index contributed by atoms with van der Waals surface area (Å²) >= 11 is 1.20. The Balaban J connectivity index is 0.00000385. The van der Waals surface area contributed by atoms with E-state index in [1.54, 1.807) is 16.1 Å². The Morgan fingerprint density at radius 1 is 1.30 bits per heavy atom. The molecule has 1 aliphatic rings. The molecule has 1 aliphatic heterocycles. The van der Waals surface area contributed by atoms with E-state index >= 15 is 0 Å². The van der Waals surface area contributed by atoms with E-state index in [0.29, 0.717) is 4.80 Å². The Morgan fingerprint density at radius 3 is 2.70 bits per heavy atom. The van der Waals surface area contributed by atoms with Crippen LogP contribution in [0.5, 0.6) is 0 Å².